The third-order valence-electron chi connectivity index (χ3n) is 3.00. The predicted octanol–water partition coefficient (Wildman–Crippen LogP) is 3.42. The van der Waals surface area contributed by atoms with Gasteiger partial charge in [0, 0.05) is 12.1 Å². The van der Waals surface area contributed by atoms with E-state index >= 15 is 0 Å². The van der Waals surface area contributed by atoms with Gasteiger partial charge >= 0.3 is 0 Å². The summed E-state index contributed by atoms with van der Waals surface area (Å²) in [4.78, 5) is 10.4. The molecule has 2 aromatic carbocycles. The quantitative estimate of drug-likeness (QED) is 0.492. The molecule has 2 aromatic rings. The van der Waals surface area contributed by atoms with Crippen molar-refractivity contribution in [2.75, 3.05) is 24.9 Å². The van der Waals surface area contributed by atoms with Gasteiger partial charge in [0.1, 0.15) is 11.5 Å². The van der Waals surface area contributed by atoms with Crippen LogP contribution in [0.1, 0.15) is 0 Å². The molecule has 0 saturated heterocycles. The van der Waals surface area contributed by atoms with Gasteiger partial charge in [0.05, 0.1) is 30.5 Å². The Labute approximate surface area is 138 Å². The Morgan fingerprint density at radius 3 is 2.30 bits per heavy atom. The Morgan fingerprint density at radius 2 is 1.65 bits per heavy atom. The van der Waals surface area contributed by atoms with E-state index < -0.39 is 4.92 Å². The molecule has 0 unspecified atom stereocenters. The van der Waals surface area contributed by atoms with Crippen LogP contribution in [0.5, 0.6) is 11.5 Å². The highest BCUT2D eigenvalue weighted by Crippen LogP contribution is 2.29. The van der Waals surface area contributed by atoms with Crippen molar-refractivity contribution in [3.05, 3.63) is 52.6 Å². The molecular weight excluding hydrogens is 318 g/mol. The van der Waals surface area contributed by atoms with Gasteiger partial charge in [-0.25, -0.2) is 0 Å². The number of non-ortho nitro benzene ring substituents is 1. The first-order valence-electron chi connectivity index (χ1n) is 6.58. The summed E-state index contributed by atoms with van der Waals surface area (Å²) in [6, 6.07) is 11.5. The van der Waals surface area contributed by atoms with E-state index in [0.29, 0.717) is 22.9 Å². The predicted molar refractivity (Wildman–Crippen MR) is 92.5 cm³/mol. The molecule has 2 rings (SSSR count). The molecular formula is C15H15N3O4S. The Balaban J connectivity index is 2.19. The first-order chi connectivity index (χ1) is 11.0. The number of ether oxygens (including phenoxy) is 2. The van der Waals surface area contributed by atoms with Gasteiger partial charge in [0.15, 0.2) is 5.11 Å². The molecule has 0 atom stereocenters. The van der Waals surface area contributed by atoms with Crippen molar-refractivity contribution in [3.8, 4) is 11.5 Å². The standard InChI is InChI=1S/C15H15N3O4S/c1-21-13-6-4-3-5-11(13)16-15(23)17-12-9-10(18(19)20)7-8-14(12)22-2/h3-9H,1-2H3,(H2,16,17,23). The average molecular weight is 333 g/mol. The number of nitro groups is 1. The first-order valence-corrected chi connectivity index (χ1v) is 6.99. The average Bonchev–Trinajstić information content (AvgIpc) is 2.55. The number of anilines is 2. The third kappa shape index (κ3) is 4.07. The zero-order chi connectivity index (χ0) is 16.8. The van der Waals surface area contributed by atoms with Crippen LogP contribution < -0.4 is 20.1 Å². The molecule has 0 aromatic heterocycles. The van der Waals surface area contributed by atoms with Crippen LogP contribution in [0.2, 0.25) is 0 Å². The van der Waals surface area contributed by atoms with Crippen LogP contribution in [0.4, 0.5) is 17.1 Å². The lowest BCUT2D eigenvalue weighted by Crippen LogP contribution is -2.20. The van der Waals surface area contributed by atoms with E-state index in [1.165, 1.54) is 25.3 Å². The molecule has 0 saturated carbocycles. The lowest BCUT2D eigenvalue weighted by Gasteiger charge is -2.15. The molecule has 0 fully saturated rings. The molecule has 7 nitrogen and oxygen atoms in total. The highest BCUT2D eigenvalue weighted by molar-refractivity contribution is 7.80. The molecule has 120 valence electrons. The molecule has 23 heavy (non-hydrogen) atoms. The monoisotopic (exact) mass is 333 g/mol. The van der Waals surface area contributed by atoms with E-state index in [1.54, 1.807) is 19.2 Å². The van der Waals surface area contributed by atoms with Crippen LogP contribution in [0.3, 0.4) is 0 Å². The maximum atomic E-state index is 10.9. The lowest BCUT2D eigenvalue weighted by atomic mass is 10.2. The number of nitrogens with zero attached hydrogens (tertiary/aromatic N) is 1. The van der Waals surface area contributed by atoms with Crippen LogP contribution >= 0.6 is 12.2 Å². The molecule has 0 heterocycles. The van der Waals surface area contributed by atoms with Crippen LogP contribution in [0.15, 0.2) is 42.5 Å². The number of nitrogens with one attached hydrogen (secondary N) is 2. The number of hydrogen-bond donors (Lipinski definition) is 2. The summed E-state index contributed by atoms with van der Waals surface area (Å²) in [5.41, 5.74) is 1.01. The summed E-state index contributed by atoms with van der Waals surface area (Å²) in [6.07, 6.45) is 0. The van der Waals surface area contributed by atoms with Crippen LogP contribution in [-0.2, 0) is 0 Å². The summed E-state index contributed by atoms with van der Waals surface area (Å²) in [7, 11) is 3.03. The Kier molecular flexibility index (Phi) is 5.32. The third-order valence-corrected chi connectivity index (χ3v) is 3.20. The molecule has 0 amide bonds. The topological polar surface area (TPSA) is 85.7 Å². The van der Waals surface area contributed by atoms with Crippen molar-refractivity contribution in [2.45, 2.75) is 0 Å². The fourth-order valence-electron chi connectivity index (χ4n) is 1.93. The SMILES string of the molecule is COc1ccccc1NC(=S)Nc1cc([N+](=O)[O-])ccc1OC. The molecule has 0 spiro atoms. The molecule has 2 N–H and O–H groups in total. The maximum absolute atomic E-state index is 10.9. The number of nitro benzene ring substituents is 1. The van der Waals surface area contributed by atoms with Crippen molar-refractivity contribution in [3.63, 3.8) is 0 Å². The molecule has 0 radical (unpaired) electrons. The van der Waals surface area contributed by atoms with Gasteiger partial charge in [-0.15, -0.1) is 0 Å². The number of methoxy groups -OCH3 is 2. The zero-order valence-corrected chi connectivity index (χ0v) is 13.3. The highest BCUT2D eigenvalue weighted by atomic mass is 32.1. The van der Waals surface area contributed by atoms with Crippen molar-refractivity contribution in [1.29, 1.82) is 0 Å². The second kappa shape index (κ2) is 7.41. The summed E-state index contributed by atoms with van der Waals surface area (Å²) in [5, 5.41) is 17.0. The summed E-state index contributed by atoms with van der Waals surface area (Å²) < 4.78 is 10.4. The van der Waals surface area contributed by atoms with Crippen LogP contribution in [0.25, 0.3) is 0 Å². The van der Waals surface area contributed by atoms with Crippen molar-refractivity contribution in [1.82, 2.24) is 0 Å². The number of hydrogen-bond acceptors (Lipinski definition) is 5. The lowest BCUT2D eigenvalue weighted by molar-refractivity contribution is -0.384. The highest BCUT2D eigenvalue weighted by Gasteiger charge is 2.13. The second-order valence-corrected chi connectivity index (χ2v) is 4.83. The van der Waals surface area contributed by atoms with Crippen LogP contribution in [0, 0.1) is 10.1 Å². The first kappa shape index (κ1) is 16.5. The summed E-state index contributed by atoms with van der Waals surface area (Å²) >= 11 is 5.24. The normalized spacial score (nSPS) is 9.83. The van der Waals surface area contributed by atoms with Crippen molar-refractivity contribution in [2.24, 2.45) is 0 Å². The van der Waals surface area contributed by atoms with E-state index in [1.807, 2.05) is 12.1 Å². The van der Waals surface area contributed by atoms with Crippen molar-refractivity contribution < 1.29 is 14.4 Å². The van der Waals surface area contributed by atoms with Gasteiger partial charge in [-0.05, 0) is 30.4 Å². The molecule has 0 aliphatic carbocycles. The largest absolute Gasteiger partial charge is 0.495 e. The molecule has 0 aliphatic rings. The van der Waals surface area contributed by atoms with Gasteiger partial charge in [-0.3, -0.25) is 10.1 Å². The van der Waals surface area contributed by atoms with E-state index in [0.717, 1.165) is 0 Å². The Hall–Kier alpha value is -2.87. The minimum atomic E-state index is -0.485. The van der Waals surface area contributed by atoms with E-state index in [-0.39, 0.29) is 10.8 Å². The minimum absolute atomic E-state index is 0.0617. The number of benzene rings is 2. The molecule has 0 aliphatic heterocycles. The van der Waals surface area contributed by atoms with Gasteiger partial charge in [-0.1, -0.05) is 12.1 Å². The number of para-hydroxylation sites is 2. The Morgan fingerprint density at radius 1 is 1.04 bits per heavy atom. The zero-order valence-electron chi connectivity index (χ0n) is 12.5. The second-order valence-electron chi connectivity index (χ2n) is 4.42. The van der Waals surface area contributed by atoms with Gasteiger partial charge in [-0.2, -0.15) is 0 Å². The fraction of sp³-hybridized carbons (Fsp3) is 0.133. The van der Waals surface area contributed by atoms with Crippen molar-refractivity contribution >= 4 is 34.4 Å². The van der Waals surface area contributed by atoms with Crippen LogP contribution in [-0.4, -0.2) is 24.3 Å². The number of rotatable bonds is 5. The Bertz CT molecular complexity index is 736. The smallest absolute Gasteiger partial charge is 0.271 e. The van der Waals surface area contributed by atoms with Gasteiger partial charge in [0.25, 0.3) is 5.69 Å². The number of thiocarbonyl (C=S) groups is 1. The summed E-state index contributed by atoms with van der Waals surface area (Å²) in [5.74, 6) is 1.07. The minimum Gasteiger partial charge on any atom is -0.495 e. The fourth-order valence-corrected chi connectivity index (χ4v) is 2.15. The maximum Gasteiger partial charge on any atom is 0.271 e. The van der Waals surface area contributed by atoms with Gasteiger partial charge < -0.3 is 20.1 Å². The molecule has 8 heteroatoms. The van der Waals surface area contributed by atoms with E-state index in [2.05, 4.69) is 10.6 Å². The van der Waals surface area contributed by atoms with E-state index in [9.17, 15) is 10.1 Å². The summed E-state index contributed by atoms with van der Waals surface area (Å²) in [6.45, 7) is 0. The molecule has 0 bridgehead atoms. The van der Waals surface area contributed by atoms with E-state index in [4.69, 9.17) is 21.7 Å². The van der Waals surface area contributed by atoms with Gasteiger partial charge in [0.2, 0.25) is 0 Å².